The van der Waals surface area contributed by atoms with Gasteiger partial charge in [-0.3, -0.25) is 9.69 Å². The molecule has 1 aliphatic heterocycles. The molecule has 0 N–H and O–H groups in total. The quantitative estimate of drug-likeness (QED) is 0.649. The van der Waals surface area contributed by atoms with E-state index in [9.17, 15) is 4.79 Å². The van der Waals surface area contributed by atoms with Gasteiger partial charge in [0, 0.05) is 32.5 Å². The molecular formula is C21H28Cl2N2O3. The topological polar surface area (TPSA) is 42.0 Å². The second kappa shape index (κ2) is 9.14. The smallest absolute Gasteiger partial charge is 0.227 e. The molecule has 28 heavy (non-hydrogen) atoms. The van der Waals surface area contributed by atoms with Gasteiger partial charge in [0.2, 0.25) is 5.91 Å². The van der Waals surface area contributed by atoms with E-state index in [0.29, 0.717) is 29.7 Å². The highest BCUT2D eigenvalue weighted by Gasteiger charge is 2.48. The maximum atomic E-state index is 13.1. The molecule has 7 heteroatoms. The highest BCUT2D eigenvalue weighted by molar-refractivity contribution is 6.42. The summed E-state index contributed by atoms with van der Waals surface area (Å²) >= 11 is 12.1. The largest absolute Gasteiger partial charge is 0.347 e. The lowest BCUT2D eigenvalue weighted by Crippen LogP contribution is -2.58. The van der Waals surface area contributed by atoms with E-state index in [4.69, 9.17) is 32.7 Å². The molecular weight excluding hydrogens is 399 g/mol. The van der Waals surface area contributed by atoms with Gasteiger partial charge in [-0.1, -0.05) is 35.3 Å². The Morgan fingerprint density at radius 2 is 1.96 bits per heavy atom. The number of nitrogens with zero attached hydrogens (tertiary/aromatic N) is 2. The van der Waals surface area contributed by atoms with Gasteiger partial charge in [0.05, 0.1) is 35.7 Å². The van der Waals surface area contributed by atoms with Gasteiger partial charge in [-0.15, -0.1) is 6.58 Å². The van der Waals surface area contributed by atoms with E-state index < -0.39 is 5.79 Å². The van der Waals surface area contributed by atoms with Crippen LogP contribution in [0.5, 0.6) is 0 Å². The van der Waals surface area contributed by atoms with Crippen molar-refractivity contribution in [2.24, 2.45) is 0 Å². The maximum Gasteiger partial charge on any atom is 0.227 e. The molecule has 1 amide bonds. The molecule has 1 heterocycles. The SMILES string of the molecule is C=CCN(C)[C@@H]1CCC2(C[C@H]1N(C)C(=O)Cc1ccc(Cl)c(Cl)c1)OCCO2. The van der Waals surface area contributed by atoms with Crippen LogP contribution in [0, 0.1) is 0 Å². The van der Waals surface area contributed by atoms with Crippen molar-refractivity contribution in [3.63, 3.8) is 0 Å². The Balaban J connectivity index is 1.76. The molecule has 3 rings (SSSR count). The summed E-state index contributed by atoms with van der Waals surface area (Å²) in [6.07, 6.45) is 4.57. The summed E-state index contributed by atoms with van der Waals surface area (Å²) in [4.78, 5) is 17.2. The standard InChI is InChI=1S/C21H28Cl2N2O3/c1-4-9-24(2)18-7-8-21(27-10-11-28-21)14-19(18)25(3)20(26)13-15-5-6-16(22)17(23)12-15/h4-6,12,18-19H,1,7-11,13-14H2,2-3H3/t18-,19-/m1/s1. The summed E-state index contributed by atoms with van der Waals surface area (Å²) in [7, 11) is 3.94. The number of carbonyl (C=O) groups is 1. The summed E-state index contributed by atoms with van der Waals surface area (Å²) in [5.41, 5.74) is 0.848. The Morgan fingerprint density at radius 1 is 1.25 bits per heavy atom. The van der Waals surface area contributed by atoms with E-state index in [2.05, 4.69) is 18.5 Å². The number of rotatable bonds is 6. The number of likely N-dealkylation sites (N-methyl/N-ethyl adjacent to an activating group) is 2. The van der Waals surface area contributed by atoms with E-state index in [-0.39, 0.29) is 24.4 Å². The van der Waals surface area contributed by atoms with Crippen molar-refractivity contribution < 1.29 is 14.3 Å². The predicted octanol–water partition coefficient (Wildman–Crippen LogP) is 3.78. The molecule has 1 aromatic rings. The third kappa shape index (κ3) is 4.71. The van der Waals surface area contributed by atoms with Crippen LogP contribution < -0.4 is 0 Å². The molecule has 1 saturated carbocycles. The van der Waals surface area contributed by atoms with Gasteiger partial charge in [-0.2, -0.15) is 0 Å². The van der Waals surface area contributed by atoms with Crippen LogP contribution in [0.15, 0.2) is 30.9 Å². The highest BCUT2D eigenvalue weighted by Crippen LogP contribution is 2.39. The Hall–Kier alpha value is -1.11. The first-order valence-corrected chi connectivity index (χ1v) is 10.4. The number of benzene rings is 1. The summed E-state index contributed by atoms with van der Waals surface area (Å²) in [5.74, 6) is -0.524. The zero-order valence-electron chi connectivity index (χ0n) is 16.5. The fourth-order valence-corrected chi connectivity index (χ4v) is 4.58. The molecule has 0 aromatic heterocycles. The van der Waals surface area contributed by atoms with Crippen molar-refractivity contribution >= 4 is 29.1 Å². The molecule has 0 bridgehead atoms. The minimum Gasteiger partial charge on any atom is -0.347 e. The van der Waals surface area contributed by atoms with Crippen LogP contribution in [0.2, 0.25) is 10.0 Å². The van der Waals surface area contributed by atoms with Gasteiger partial charge in [0.25, 0.3) is 0 Å². The molecule has 1 spiro atoms. The van der Waals surface area contributed by atoms with Crippen molar-refractivity contribution in [2.45, 2.75) is 43.6 Å². The third-order valence-electron chi connectivity index (χ3n) is 5.81. The Morgan fingerprint density at radius 3 is 2.61 bits per heavy atom. The first-order chi connectivity index (χ1) is 13.3. The number of carbonyl (C=O) groups excluding carboxylic acids is 1. The Kier molecular flexibility index (Phi) is 7.05. The minimum absolute atomic E-state index is 0.00734. The molecule has 1 aromatic carbocycles. The zero-order chi connectivity index (χ0) is 20.3. The average molecular weight is 427 g/mol. The van der Waals surface area contributed by atoms with Gasteiger partial charge < -0.3 is 14.4 Å². The van der Waals surface area contributed by atoms with Gasteiger partial charge in [0.1, 0.15) is 0 Å². The summed E-state index contributed by atoms with van der Waals surface area (Å²) in [6, 6.07) is 5.53. The van der Waals surface area contributed by atoms with Crippen LogP contribution >= 0.6 is 23.2 Å². The summed E-state index contributed by atoms with van der Waals surface area (Å²) < 4.78 is 11.9. The summed E-state index contributed by atoms with van der Waals surface area (Å²) in [6.45, 7) is 5.84. The van der Waals surface area contributed by atoms with Crippen LogP contribution in [-0.2, 0) is 20.7 Å². The fraction of sp³-hybridized carbons (Fsp3) is 0.571. The second-order valence-electron chi connectivity index (χ2n) is 7.64. The molecule has 1 saturated heterocycles. The van der Waals surface area contributed by atoms with E-state index in [1.807, 2.05) is 24.1 Å². The van der Waals surface area contributed by atoms with Crippen molar-refractivity contribution in [1.82, 2.24) is 9.80 Å². The van der Waals surface area contributed by atoms with Crippen molar-refractivity contribution in [3.05, 3.63) is 46.5 Å². The lowest BCUT2D eigenvalue weighted by Gasteiger charge is -2.47. The molecule has 5 nitrogen and oxygen atoms in total. The molecule has 154 valence electrons. The van der Waals surface area contributed by atoms with E-state index in [0.717, 1.165) is 24.9 Å². The average Bonchev–Trinajstić information content (AvgIpc) is 3.12. The van der Waals surface area contributed by atoms with Crippen molar-refractivity contribution in [3.8, 4) is 0 Å². The summed E-state index contributed by atoms with van der Waals surface area (Å²) in [5, 5.41) is 0.949. The maximum absolute atomic E-state index is 13.1. The molecule has 0 radical (unpaired) electrons. The zero-order valence-corrected chi connectivity index (χ0v) is 18.0. The van der Waals surface area contributed by atoms with Crippen LogP contribution in [0.3, 0.4) is 0 Å². The lowest BCUT2D eigenvalue weighted by atomic mass is 9.83. The van der Waals surface area contributed by atoms with Crippen LogP contribution in [-0.4, -0.2) is 67.4 Å². The molecule has 0 unspecified atom stereocenters. The molecule has 2 aliphatic rings. The van der Waals surface area contributed by atoms with Crippen molar-refractivity contribution in [2.75, 3.05) is 33.9 Å². The van der Waals surface area contributed by atoms with Crippen LogP contribution in [0.4, 0.5) is 0 Å². The minimum atomic E-state index is -0.561. The van der Waals surface area contributed by atoms with E-state index >= 15 is 0 Å². The monoisotopic (exact) mass is 426 g/mol. The van der Waals surface area contributed by atoms with Gasteiger partial charge >= 0.3 is 0 Å². The number of amides is 1. The number of ether oxygens (including phenoxy) is 2. The van der Waals surface area contributed by atoms with Gasteiger partial charge in [0.15, 0.2) is 5.79 Å². The molecule has 2 fully saturated rings. The predicted molar refractivity (Wildman–Crippen MR) is 112 cm³/mol. The Bertz CT molecular complexity index is 722. The van der Waals surface area contributed by atoms with E-state index in [1.165, 1.54) is 0 Å². The molecule has 2 atom stereocenters. The van der Waals surface area contributed by atoms with E-state index in [1.54, 1.807) is 12.1 Å². The normalized spacial score (nSPS) is 23.9. The fourth-order valence-electron chi connectivity index (χ4n) is 4.26. The number of halogens is 2. The first-order valence-electron chi connectivity index (χ1n) is 9.64. The number of hydrogen-bond acceptors (Lipinski definition) is 4. The van der Waals surface area contributed by atoms with Gasteiger partial charge in [-0.05, 0) is 31.2 Å². The second-order valence-corrected chi connectivity index (χ2v) is 8.46. The van der Waals surface area contributed by atoms with Crippen LogP contribution in [0.1, 0.15) is 24.8 Å². The lowest BCUT2D eigenvalue weighted by molar-refractivity contribution is -0.198. The molecule has 1 aliphatic carbocycles. The van der Waals surface area contributed by atoms with Crippen LogP contribution in [0.25, 0.3) is 0 Å². The highest BCUT2D eigenvalue weighted by atomic mass is 35.5. The van der Waals surface area contributed by atoms with Crippen molar-refractivity contribution in [1.29, 1.82) is 0 Å². The first kappa shape index (κ1) is 21.6. The Labute approximate surface area is 177 Å². The van der Waals surface area contributed by atoms with Gasteiger partial charge in [-0.25, -0.2) is 0 Å². The number of hydrogen-bond donors (Lipinski definition) is 0. The third-order valence-corrected chi connectivity index (χ3v) is 6.55.